The molecule has 0 atom stereocenters. The molecule has 0 unspecified atom stereocenters. The van der Waals surface area contributed by atoms with Crippen LogP contribution in [0.25, 0.3) is 0 Å². The summed E-state index contributed by atoms with van der Waals surface area (Å²) >= 11 is 3.38. The molecule has 126 valence electrons. The molecule has 6 nitrogen and oxygen atoms in total. The standard InChI is InChI=1S/C16H21BrN2O4/c1-16(2,3)23-15(22)19-8-6-18(7-9-19)13-10-11(17)4-5-12(13)14(20)21/h4-5,10H,6-9H2,1-3H3,(H,20,21). The number of rotatable bonds is 2. The minimum absolute atomic E-state index is 0.263. The molecule has 1 aliphatic rings. The van der Waals surface area contributed by atoms with Gasteiger partial charge in [-0.2, -0.15) is 0 Å². The summed E-state index contributed by atoms with van der Waals surface area (Å²) in [7, 11) is 0. The van der Waals surface area contributed by atoms with E-state index in [1.165, 1.54) is 0 Å². The van der Waals surface area contributed by atoms with Crippen LogP contribution in [0.1, 0.15) is 31.1 Å². The van der Waals surface area contributed by atoms with Gasteiger partial charge >= 0.3 is 12.1 Å². The second-order valence-corrected chi connectivity index (χ2v) is 7.34. The number of ether oxygens (including phenoxy) is 1. The van der Waals surface area contributed by atoms with E-state index in [-0.39, 0.29) is 11.7 Å². The van der Waals surface area contributed by atoms with Crippen molar-refractivity contribution in [2.45, 2.75) is 26.4 Å². The maximum Gasteiger partial charge on any atom is 0.410 e. The van der Waals surface area contributed by atoms with Gasteiger partial charge in [-0.15, -0.1) is 0 Å². The van der Waals surface area contributed by atoms with Crippen molar-refractivity contribution in [3.05, 3.63) is 28.2 Å². The Kier molecular flexibility index (Phi) is 5.19. The van der Waals surface area contributed by atoms with Gasteiger partial charge in [0.15, 0.2) is 0 Å². The van der Waals surface area contributed by atoms with Crippen LogP contribution in [-0.4, -0.2) is 53.8 Å². The average molecular weight is 385 g/mol. The Morgan fingerprint density at radius 1 is 1.17 bits per heavy atom. The first kappa shape index (κ1) is 17.6. The molecule has 0 bridgehead atoms. The lowest BCUT2D eigenvalue weighted by atomic mass is 10.1. The Hall–Kier alpha value is -1.76. The topological polar surface area (TPSA) is 70.1 Å². The quantitative estimate of drug-likeness (QED) is 0.847. The van der Waals surface area contributed by atoms with Crippen LogP contribution in [0.15, 0.2) is 22.7 Å². The molecule has 0 aromatic heterocycles. The highest BCUT2D eigenvalue weighted by atomic mass is 79.9. The van der Waals surface area contributed by atoms with Gasteiger partial charge in [0.1, 0.15) is 5.60 Å². The van der Waals surface area contributed by atoms with E-state index in [0.717, 1.165) is 4.47 Å². The van der Waals surface area contributed by atoms with Crippen LogP contribution >= 0.6 is 15.9 Å². The van der Waals surface area contributed by atoms with Crippen LogP contribution in [0.2, 0.25) is 0 Å². The summed E-state index contributed by atoms with van der Waals surface area (Å²) in [6.45, 7) is 7.64. The third kappa shape index (κ3) is 4.60. The molecule has 1 fully saturated rings. The molecule has 1 saturated heterocycles. The van der Waals surface area contributed by atoms with Crippen molar-refractivity contribution in [2.24, 2.45) is 0 Å². The van der Waals surface area contributed by atoms with Gasteiger partial charge < -0.3 is 19.6 Å². The normalized spacial score (nSPS) is 15.5. The third-order valence-corrected chi connectivity index (χ3v) is 3.96. The summed E-state index contributed by atoms with van der Waals surface area (Å²) in [5, 5.41) is 9.33. The van der Waals surface area contributed by atoms with Crippen molar-refractivity contribution in [3.63, 3.8) is 0 Å². The molecule has 23 heavy (non-hydrogen) atoms. The fourth-order valence-electron chi connectivity index (χ4n) is 2.40. The fourth-order valence-corrected chi connectivity index (χ4v) is 2.75. The Bertz CT molecular complexity index is 605. The van der Waals surface area contributed by atoms with Gasteiger partial charge in [0, 0.05) is 30.7 Å². The van der Waals surface area contributed by atoms with E-state index < -0.39 is 11.6 Å². The molecule has 1 aromatic carbocycles. The lowest BCUT2D eigenvalue weighted by Gasteiger charge is -2.37. The van der Waals surface area contributed by atoms with Crippen molar-refractivity contribution < 1.29 is 19.4 Å². The van der Waals surface area contributed by atoms with Crippen LogP contribution in [-0.2, 0) is 4.74 Å². The van der Waals surface area contributed by atoms with Gasteiger partial charge in [0.05, 0.1) is 11.3 Å². The van der Waals surface area contributed by atoms with Crippen LogP contribution in [0.5, 0.6) is 0 Å². The lowest BCUT2D eigenvalue weighted by molar-refractivity contribution is 0.0240. The number of nitrogens with zero attached hydrogens (tertiary/aromatic N) is 2. The predicted molar refractivity (Wildman–Crippen MR) is 91.1 cm³/mol. The van der Waals surface area contributed by atoms with Gasteiger partial charge in [0.2, 0.25) is 0 Å². The summed E-state index contributed by atoms with van der Waals surface area (Å²) in [4.78, 5) is 27.1. The Morgan fingerprint density at radius 2 is 1.78 bits per heavy atom. The molecular formula is C16H21BrN2O4. The summed E-state index contributed by atoms with van der Waals surface area (Å²) in [5.74, 6) is -0.956. The van der Waals surface area contributed by atoms with Crippen LogP contribution < -0.4 is 4.90 Å². The highest BCUT2D eigenvalue weighted by molar-refractivity contribution is 9.10. The molecule has 1 heterocycles. The number of halogens is 1. The van der Waals surface area contributed by atoms with E-state index in [2.05, 4.69) is 15.9 Å². The molecule has 1 N–H and O–H groups in total. The fraction of sp³-hybridized carbons (Fsp3) is 0.500. The number of anilines is 1. The first-order chi connectivity index (χ1) is 10.7. The molecule has 1 amide bonds. The number of carboxylic acid groups (broad SMARTS) is 1. The van der Waals surface area contributed by atoms with Crippen molar-refractivity contribution in [3.8, 4) is 0 Å². The zero-order chi connectivity index (χ0) is 17.2. The molecule has 7 heteroatoms. The van der Waals surface area contributed by atoms with Crippen LogP contribution in [0, 0.1) is 0 Å². The smallest absolute Gasteiger partial charge is 0.410 e. The zero-order valence-corrected chi connectivity index (χ0v) is 15.1. The number of hydrogen-bond donors (Lipinski definition) is 1. The molecule has 0 radical (unpaired) electrons. The van der Waals surface area contributed by atoms with E-state index in [9.17, 15) is 14.7 Å². The highest BCUT2D eigenvalue weighted by Gasteiger charge is 2.27. The predicted octanol–water partition coefficient (Wildman–Crippen LogP) is 3.20. The van der Waals surface area contributed by atoms with Crippen molar-refractivity contribution in [2.75, 3.05) is 31.1 Å². The number of piperazine rings is 1. The number of amides is 1. The molecular weight excluding hydrogens is 364 g/mol. The summed E-state index contributed by atoms with van der Waals surface area (Å²) < 4.78 is 6.19. The Labute approximate surface area is 144 Å². The molecule has 2 rings (SSSR count). The van der Waals surface area contributed by atoms with Gasteiger partial charge in [-0.3, -0.25) is 0 Å². The molecule has 0 aliphatic carbocycles. The SMILES string of the molecule is CC(C)(C)OC(=O)N1CCN(c2cc(Br)ccc2C(=O)O)CC1. The Balaban J connectivity index is 2.06. The maximum atomic E-state index is 12.1. The summed E-state index contributed by atoms with van der Waals surface area (Å²) in [6, 6.07) is 5.10. The van der Waals surface area contributed by atoms with E-state index in [1.54, 1.807) is 23.1 Å². The first-order valence-electron chi connectivity index (χ1n) is 7.43. The Morgan fingerprint density at radius 3 is 2.30 bits per heavy atom. The van der Waals surface area contributed by atoms with Gasteiger partial charge in [-0.1, -0.05) is 15.9 Å². The zero-order valence-electron chi connectivity index (χ0n) is 13.5. The number of aromatic carboxylic acids is 1. The molecule has 0 saturated carbocycles. The largest absolute Gasteiger partial charge is 0.478 e. The van der Waals surface area contributed by atoms with E-state index >= 15 is 0 Å². The van der Waals surface area contributed by atoms with Crippen molar-refractivity contribution in [1.29, 1.82) is 0 Å². The van der Waals surface area contributed by atoms with Crippen molar-refractivity contribution >= 4 is 33.7 Å². The molecule has 1 aromatic rings. The van der Waals surface area contributed by atoms with Gasteiger partial charge in [-0.25, -0.2) is 9.59 Å². The second kappa shape index (κ2) is 6.78. The second-order valence-electron chi connectivity index (χ2n) is 6.42. The minimum atomic E-state index is -0.956. The highest BCUT2D eigenvalue weighted by Crippen LogP contribution is 2.26. The number of hydrogen-bond acceptors (Lipinski definition) is 4. The van der Waals surface area contributed by atoms with Gasteiger partial charge in [-0.05, 0) is 39.0 Å². The van der Waals surface area contributed by atoms with Crippen LogP contribution in [0.4, 0.5) is 10.5 Å². The number of carbonyl (C=O) groups excluding carboxylic acids is 1. The van der Waals surface area contributed by atoms with E-state index in [0.29, 0.717) is 31.9 Å². The maximum absolute atomic E-state index is 12.1. The van der Waals surface area contributed by atoms with E-state index in [4.69, 9.17) is 4.74 Å². The minimum Gasteiger partial charge on any atom is -0.478 e. The summed E-state index contributed by atoms with van der Waals surface area (Å²) in [5.41, 5.74) is 0.407. The number of carbonyl (C=O) groups is 2. The number of benzene rings is 1. The van der Waals surface area contributed by atoms with Crippen LogP contribution in [0.3, 0.4) is 0 Å². The monoisotopic (exact) mass is 384 g/mol. The summed E-state index contributed by atoms with van der Waals surface area (Å²) in [6.07, 6.45) is -0.329. The van der Waals surface area contributed by atoms with Gasteiger partial charge in [0.25, 0.3) is 0 Å². The lowest BCUT2D eigenvalue weighted by Crippen LogP contribution is -2.50. The first-order valence-corrected chi connectivity index (χ1v) is 8.22. The average Bonchev–Trinajstić information content (AvgIpc) is 2.45. The molecule has 0 spiro atoms. The third-order valence-electron chi connectivity index (χ3n) is 3.46. The van der Waals surface area contributed by atoms with Crippen molar-refractivity contribution in [1.82, 2.24) is 4.90 Å². The molecule has 1 aliphatic heterocycles. The number of carboxylic acids is 1. The van der Waals surface area contributed by atoms with E-state index in [1.807, 2.05) is 25.7 Å².